The highest BCUT2D eigenvalue weighted by molar-refractivity contribution is 8.14. The Morgan fingerprint density at radius 3 is 2.67 bits per heavy atom. The van der Waals surface area contributed by atoms with Crippen LogP contribution in [0.15, 0.2) is 11.6 Å². The Hall–Kier alpha value is -0.770. The highest BCUT2D eigenvalue weighted by Gasteiger charge is 2.61. The van der Waals surface area contributed by atoms with E-state index in [1.807, 2.05) is 19.9 Å². The molecule has 2 unspecified atom stereocenters. The van der Waals surface area contributed by atoms with Crippen LogP contribution in [0.1, 0.15) is 20.3 Å². The van der Waals surface area contributed by atoms with Crippen molar-refractivity contribution in [3.05, 3.63) is 11.6 Å². The number of carboxylic acids is 1. The summed E-state index contributed by atoms with van der Waals surface area (Å²) < 4.78 is 0. The van der Waals surface area contributed by atoms with E-state index in [0.717, 1.165) is 17.7 Å². The van der Waals surface area contributed by atoms with Gasteiger partial charge in [-0.25, -0.2) is 0 Å². The summed E-state index contributed by atoms with van der Waals surface area (Å²) in [5.74, 6) is -0.189. The molecule has 0 aromatic rings. The predicted molar refractivity (Wildman–Crippen MR) is 58.6 cm³/mol. The second-order valence-corrected chi connectivity index (χ2v) is 5.81. The molecule has 1 aliphatic carbocycles. The van der Waals surface area contributed by atoms with E-state index in [4.69, 9.17) is 5.11 Å². The molecule has 1 heterocycles. The van der Waals surface area contributed by atoms with Crippen molar-refractivity contribution in [1.82, 2.24) is 0 Å². The third-order valence-electron chi connectivity index (χ3n) is 3.42. The summed E-state index contributed by atoms with van der Waals surface area (Å²) in [6.45, 7) is 3.89. The number of rotatable bonds is 2. The first kappa shape index (κ1) is 10.7. The average molecular weight is 226 g/mol. The average Bonchev–Trinajstić information content (AvgIpc) is 2.47. The van der Waals surface area contributed by atoms with E-state index in [1.165, 1.54) is 11.8 Å². The first-order chi connectivity index (χ1) is 6.94. The fraction of sp³-hybridized carbons (Fsp3) is 0.636. The highest BCUT2D eigenvalue weighted by atomic mass is 32.2. The van der Waals surface area contributed by atoms with Gasteiger partial charge in [0.25, 0.3) is 0 Å². The number of carbonyl (C=O) groups is 2. The Morgan fingerprint density at radius 1 is 1.60 bits per heavy atom. The molecule has 1 saturated heterocycles. The molecule has 4 heteroatoms. The molecule has 0 aromatic heterocycles. The summed E-state index contributed by atoms with van der Waals surface area (Å²) in [7, 11) is 0. The Labute approximate surface area is 92.9 Å². The molecule has 82 valence electrons. The van der Waals surface area contributed by atoms with Crippen molar-refractivity contribution in [1.29, 1.82) is 0 Å². The van der Waals surface area contributed by atoms with Gasteiger partial charge in [0.1, 0.15) is 0 Å². The van der Waals surface area contributed by atoms with Crippen LogP contribution in [0, 0.1) is 17.3 Å². The molecule has 0 amide bonds. The predicted octanol–water partition coefficient (Wildman–Crippen LogP) is 1.93. The molecular weight excluding hydrogens is 212 g/mol. The lowest BCUT2D eigenvalue weighted by Crippen LogP contribution is -2.03. The van der Waals surface area contributed by atoms with E-state index < -0.39 is 5.97 Å². The summed E-state index contributed by atoms with van der Waals surface area (Å²) in [5.41, 5.74) is 0.633. The van der Waals surface area contributed by atoms with Gasteiger partial charge in [-0.3, -0.25) is 9.59 Å². The summed E-state index contributed by atoms with van der Waals surface area (Å²) in [5, 5.41) is 9.11. The molecule has 15 heavy (non-hydrogen) atoms. The smallest absolute Gasteiger partial charge is 0.307 e. The standard InChI is InChI=1S/C11H14O3S/c1-11(2)7(8(11)9(12)13)5-6-3-4-15-10(6)14/h5,7-8H,3-4H2,1-2H3,(H,12,13)/b6-5-. The third kappa shape index (κ3) is 1.71. The zero-order valence-corrected chi connectivity index (χ0v) is 9.63. The zero-order valence-electron chi connectivity index (χ0n) is 8.82. The van der Waals surface area contributed by atoms with E-state index in [9.17, 15) is 9.59 Å². The number of carboxylic acid groups (broad SMARTS) is 1. The third-order valence-corrected chi connectivity index (χ3v) is 4.36. The topological polar surface area (TPSA) is 54.4 Å². The first-order valence-corrected chi connectivity index (χ1v) is 6.04. The van der Waals surface area contributed by atoms with E-state index in [0.29, 0.717) is 0 Å². The maximum atomic E-state index is 11.4. The molecule has 1 aliphatic heterocycles. The summed E-state index contributed by atoms with van der Waals surface area (Å²) in [4.78, 5) is 22.3. The van der Waals surface area contributed by atoms with Crippen molar-refractivity contribution in [3.63, 3.8) is 0 Å². The molecule has 1 saturated carbocycles. The number of hydrogen-bond donors (Lipinski definition) is 1. The SMILES string of the molecule is CC1(C)C(/C=C2/CCSC2=O)C1C(=O)O. The molecular formula is C11H14O3S. The number of thioether (sulfide) groups is 1. The quantitative estimate of drug-likeness (QED) is 0.731. The lowest BCUT2D eigenvalue weighted by atomic mass is 10.1. The van der Waals surface area contributed by atoms with E-state index in [1.54, 1.807) is 0 Å². The number of aliphatic carboxylic acids is 1. The Balaban J connectivity index is 2.15. The van der Waals surface area contributed by atoms with Gasteiger partial charge in [-0.2, -0.15) is 0 Å². The first-order valence-electron chi connectivity index (χ1n) is 5.05. The van der Waals surface area contributed by atoms with Crippen LogP contribution in [-0.2, 0) is 9.59 Å². The lowest BCUT2D eigenvalue weighted by molar-refractivity contribution is -0.139. The van der Waals surface area contributed by atoms with Gasteiger partial charge in [0, 0.05) is 11.3 Å². The molecule has 0 aromatic carbocycles. The molecule has 2 aliphatic rings. The Kier molecular flexibility index (Phi) is 2.41. The number of hydrogen-bond acceptors (Lipinski definition) is 3. The van der Waals surface area contributed by atoms with Crippen LogP contribution in [0.25, 0.3) is 0 Å². The van der Waals surface area contributed by atoms with Gasteiger partial charge in [0.15, 0.2) is 0 Å². The van der Waals surface area contributed by atoms with Crippen molar-refractivity contribution in [2.24, 2.45) is 17.3 Å². The van der Waals surface area contributed by atoms with Crippen LogP contribution < -0.4 is 0 Å². The van der Waals surface area contributed by atoms with Gasteiger partial charge in [0.05, 0.1) is 5.92 Å². The Bertz CT molecular complexity index is 357. The molecule has 2 fully saturated rings. The van der Waals surface area contributed by atoms with Crippen LogP contribution in [0.4, 0.5) is 0 Å². The van der Waals surface area contributed by atoms with Crippen molar-refractivity contribution in [2.75, 3.05) is 5.75 Å². The molecule has 1 N–H and O–H groups in total. The second kappa shape index (κ2) is 3.37. The minimum atomic E-state index is -0.750. The molecule has 2 rings (SSSR count). The molecule has 0 spiro atoms. The van der Waals surface area contributed by atoms with Crippen LogP contribution in [-0.4, -0.2) is 21.9 Å². The lowest BCUT2D eigenvalue weighted by Gasteiger charge is -1.97. The van der Waals surface area contributed by atoms with Crippen molar-refractivity contribution in [2.45, 2.75) is 20.3 Å². The van der Waals surface area contributed by atoms with Crippen LogP contribution in [0.2, 0.25) is 0 Å². The van der Waals surface area contributed by atoms with Gasteiger partial charge in [-0.1, -0.05) is 31.7 Å². The molecule has 0 bridgehead atoms. The maximum Gasteiger partial charge on any atom is 0.307 e. The molecule has 0 radical (unpaired) electrons. The van der Waals surface area contributed by atoms with Gasteiger partial charge in [0.2, 0.25) is 5.12 Å². The van der Waals surface area contributed by atoms with Gasteiger partial charge >= 0.3 is 5.97 Å². The Morgan fingerprint density at radius 2 is 2.27 bits per heavy atom. The zero-order chi connectivity index (χ0) is 11.2. The molecule has 3 nitrogen and oxygen atoms in total. The van der Waals surface area contributed by atoms with Gasteiger partial charge in [-0.15, -0.1) is 0 Å². The van der Waals surface area contributed by atoms with Gasteiger partial charge in [-0.05, 0) is 17.8 Å². The largest absolute Gasteiger partial charge is 0.481 e. The van der Waals surface area contributed by atoms with Crippen LogP contribution >= 0.6 is 11.8 Å². The van der Waals surface area contributed by atoms with E-state index >= 15 is 0 Å². The minimum Gasteiger partial charge on any atom is -0.481 e. The fourth-order valence-corrected chi connectivity index (χ4v) is 3.14. The summed E-state index contributed by atoms with van der Waals surface area (Å²) in [6.07, 6.45) is 2.68. The normalized spacial score (nSPS) is 35.9. The van der Waals surface area contributed by atoms with E-state index in [-0.39, 0.29) is 22.4 Å². The van der Waals surface area contributed by atoms with Crippen LogP contribution in [0.3, 0.4) is 0 Å². The van der Waals surface area contributed by atoms with E-state index in [2.05, 4.69) is 0 Å². The van der Waals surface area contributed by atoms with Crippen molar-refractivity contribution >= 4 is 22.8 Å². The highest BCUT2D eigenvalue weighted by Crippen LogP contribution is 2.59. The minimum absolute atomic E-state index is 0.0349. The maximum absolute atomic E-state index is 11.4. The fourth-order valence-electron chi connectivity index (χ4n) is 2.28. The van der Waals surface area contributed by atoms with Gasteiger partial charge < -0.3 is 5.11 Å². The van der Waals surface area contributed by atoms with Crippen LogP contribution in [0.5, 0.6) is 0 Å². The number of allylic oxidation sites excluding steroid dienone is 1. The van der Waals surface area contributed by atoms with Crippen molar-refractivity contribution < 1.29 is 14.7 Å². The monoisotopic (exact) mass is 226 g/mol. The second-order valence-electron chi connectivity index (χ2n) is 4.74. The van der Waals surface area contributed by atoms with Crippen molar-refractivity contribution in [3.8, 4) is 0 Å². The summed E-state index contributed by atoms with van der Waals surface area (Å²) in [6, 6.07) is 0. The molecule has 2 atom stereocenters. The number of carbonyl (C=O) groups excluding carboxylic acids is 1. The summed E-state index contributed by atoms with van der Waals surface area (Å²) >= 11 is 1.33.